The number of esters is 2. The molecule has 0 unspecified atom stereocenters. The highest BCUT2D eigenvalue weighted by atomic mass is 16.5. The maximum atomic E-state index is 12.5. The molecule has 4 rings (SSSR count). The highest BCUT2D eigenvalue weighted by Crippen LogP contribution is 2.29. The van der Waals surface area contributed by atoms with Gasteiger partial charge in [0, 0.05) is 38.9 Å². The minimum atomic E-state index is -0.411. The van der Waals surface area contributed by atoms with Gasteiger partial charge >= 0.3 is 11.9 Å². The van der Waals surface area contributed by atoms with Crippen molar-refractivity contribution in [3.63, 3.8) is 0 Å². The van der Waals surface area contributed by atoms with Crippen LogP contribution in [0, 0.1) is 25.7 Å². The van der Waals surface area contributed by atoms with E-state index < -0.39 is 11.8 Å². The van der Waals surface area contributed by atoms with Gasteiger partial charge in [0.2, 0.25) is 0 Å². The molecule has 2 aliphatic rings. The summed E-state index contributed by atoms with van der Waals surface area (Å²) in [5, 5.41) is 4.55. The second kappa shape index (κ2) is 14.4. The summed E-state index contributed by atoms with van der Waals surface area (Å²) in [4.78, 5) is 61.3. The third-order valence-corrected chi connectivity index (χ3v) is 9.37. The van der Waals surface area contributed by atoms with E-state index in [1.165, 1.54) is 14.2 Å². The van der Waals surface area contributed by atoms with Crippen LogP contribution in [0.1, 0.15) is 88.0 Å². The number of nitrogens with one attached hydrogen (secondary N) is 3. The summed E-state index contributed by atoms with van der Waals surface area (Å²) in [5.74, 6) is -1.78. The number of amides is 2. The Bertz CT molecular complexity index is 1900. The van der Waals surface area contributed by atoms with Crippen LogP contribution >= 0.6 is 0 Å². The van der Waals surface area contributed by atoms with Crippen molar-refractivity contribution < 1.29 is 28.7 Å². The summed E-state index contributed by atoms with van der Waals surface area (Å²) in [6, 6.07) is 0. The van der Waals surface area contributed by atoms with Crippen LogP contribution in [-0.2, 0) is 41.5 Å². The Hall–Kier alpha value is -4.73. The van der Waals surface area contributed by atoms with Crippen molar-refractivity contribution in [2.45, 2.75) is 81.1 Å². The van der Waals surface area contributed by atoms with E-state index >= 15 is 0 Å². The van der Waals surface area contributed by atoms with E-state index in [-0.39, 0.29) is 23.8 Å². The first kappa shape index (κ1) is 35.1. The van der Waals surface area contributed by atoms with Gasteiger partial charge in [0.15, 0.2) is 0 Å². The van der Waals surface area contributed by atoms with Crippen LogP contribution in [0.4, 0.5) is 0 Å². The van der Waals surface area contributed by atoms with Crippen LogP contribution in [0.3, 0.4) is 0 Å². The Balaban J connectivity index is 1.97. The highest BCUT2D eigenvalue weighted by Gasteiger charge is 2.26. The van der Waals surface area contributed by atoms with Crippen LogP contribution < -0.4 is 16.0 Å². The molecule has 0 bridgehead atoms. The monoisotopic (exact) mass is 642 g/mol. The number of aromatic nitrogens is 2. The van der Waals surface area contributed by atoms with E-state index in [2.05, 4.69) is 20.3 Å². The standard InChI is InChI=1S/C37H46N4O6/c1-11-24-22(7)34(42)40-30(24)15-28-20(5)26(13-18(3)36(44)46-9)32(38-28)17-33-27(14-19(4)37(45)47-10)21(6)29(39-33)16-31-25(12-2)23(8)35(43)41-31/h15-19,38-39H,11-14H2,1-10H3,(H,40,42)/b29-16-,30-15-,33-17+/t18-,19-/m1/s1. The van der Waals surface area contributed by atoms with E-state index in [0.717, 1.165) is 61.2 Å². The Morgan fingerprint density at radius 2 is 1.34 bits per heavy atom. The molecule has 250 valence electrons. The first-order chi connectivity index (χ1) is 22.3. The maximum absolute atomic E-state index is 12.5. The second-order valence-corrected chi connectivity index (χ2v) is 12.4. The van der Waals surface area contributed by atoms with Crippen LogP contribution in [0.25, 0.3) is 18.2 Å². The van der Waals surface area contributed by atoms with Crippen molar-refractivity contribution in [1.82, 2.24) is 15.3 Å². The van der Waals surface area contributed by atoms with E-state index in [4.69, 9.17) is 9.47 Å². The van der Waals surface area contributed by atoms with E-state index in [9.17, 15) is 19.2 Å². The van der Waals surface area contributed by atoms with E-state index in [1.54, 1.807) is 6.92 Å². The number of nitrogens with zero attached hydrogens (tertiary/aromatic N) is 1. The van der Waals surface area contributed by atoms with Gasteiger partial charge in [0.05, 0.1) is 31.8 Å². The molecular formula is C37H46N4O6. The number of carbonyl (C=O) groups is 4. The number of ether oxygens (including phenoxy) is 2. The number of methoxy groups -OCH3 is 2. The molecule has 47 heavy (non-hydrogen) atoms. The maximum Gasteiger partial charge on any atom is 0.308 e. The number of hydrogen-bond donors (Lipinski definition) is 3. The van der Waals surface area contributed by atoms with Gasteiger partial charge in [-0.15, -0.1) is 0 Å². The summed E-state index contributed by atoms with van der Waals surface area (Å²) in [7, 11) is 2.76. The summed E-state index contributed by atoms with van der Waals surface area (Å²) in [6.07, 6.45) is 8.05. The lowest BCUT2D eigenvalue weighted by Gasteiger charge is -2.10. The lowest BCUT2D eigenvalue weighted by Crippen LogP contribution is -2.20. The third-order valence-electron chi connectivity index (χ3n) is 9.37. The Morgan fingerprint density at radius 3 is 1.91 bits per heavy atom. The number of aromatic amines is 2. The molecule has 0 saturated heterocycles. The van der Waals surface area contributed by atoms with Gasteiger partial charge < -0.3 is 24.8 Å². The van der Waals surface area contributed by atoms with Crippen LogP contribution in [-0.4, -0.2) is 53.7 Å². The quantitative estimate of drug-likeness (QED) is 0.314. The minimum absolute atomic E-state index is 0.108. The van der Waals surface area contributed by atoms with E-state index in [0.29, 0.717) is 42.5 Å². The Morgan fingerprint density at radius 1 is 0.745 bits per heavy atom. The van der Waals surface area contributed by atoms with Gasteiger partial charge in [-0.3, -0.25) is 19.2 Å². The van der Waals surface area contributed by atoms with Crippen molar-refractivity contribution in [2.24, 2.45) is 16.8 Å². The zero-order valence-electron chi connectivity index (χ0n) is 29.1. The van der Waals surface area contributed by atoms with Crippen LogP contribution in [0.15, 0.2) is 33.0 Å². The fraction of sp³-hybridized carbons (Fsp3) is 0.432. The predicted octanol–water partition coefficient (Wildman–Crippen LogP) is 4.18. The van der Waals surface area contributed by atoms with Gasteiger partial charge in [-0.05, 0) is 105 Å². The molecule has 0 saturated carbocycles. The largest absolute Gasteiger partial charge is 0.469 e. The summed E-state index contributed by atoms with van der Waals surface area (Å²) in [5.41, 5.74) is 9.92. The molecule has 2 aliphatic heterocycles. The molecule has 2 aromatic heterocycles. The number of aliphatic imine (C=N–C) groups is 1. The van der Waals surface area contributed by atoms with Crippen molar-refractivity contribution >= 4 is 47.7 Å². The van der Waals surface area contributed by atoms with Gasteiger partial charge in [0.1, 0.15) is 0 Å². The van der Waals surface area contributed by atoms with Crippen molar-refractivity contribution in [1.29, 1.82) is 0 Å². The predicted molar refractivity (Wildman–Crippen MR) is 183 cm³/mol. The SMILES string of the molecule is CCC1=C(C)C(=O)N=C1/C=c1\[nH]/c(=C/c2[nH]c(/C=C3\NC(=O)C(C)=C3CC)c(C)c2C[C@@H](C)C(=O)OC)c(C[C@@H](C)C(=O)OC)c1C. The normalized spacial score (nSPS) is 18.0. The van der Waals surface area contributed by atoms with Crippen LogP contribution in [0.2, 0.25) is 0 Å². The third kappa shape index (κ3) is 7.01. The van der Waals surface area contributed by atoms with Gasteiger partial charge in [0.25, 0.3) is 11.8 Å². The van der Waals surface area contributed by atoms with Crippen molar-refractivity contribution in [3.05, 3.63) is 72.3 Å². The molecule has 0 aromatic carbocycles. The number of H-pyrrole nitrogens is 2. The fourth-order valence-corrected chi connectivity index (χ4v) is 6.38. The molecule has 4 heterocycles. The molecule has 0 radical (unpaired) electrons. The smallest absolute Gasteiger partial charge is 0.308 e. The van der Waals surface area contributed by atoms with Gasteiger partial charge in [-0.2, -0.15) is 0 Å². The molecule has 2 amide bonds. The molecule has 3 N–H and O–H groups in total. The number of allylic oxidation sites excluding steroid dienone is 2. The Kier molecular flexibility index (Phi) is 10.7. The first-order valence-corrected chi connectivity index (χ1v) is 16.1. The number of hydrogen-bond acceptors (Lipinski definition) is 6. The van der Waals surface area contributed by atoms with Crippen molar-refractivity contribution in [2.75, 3.05) is 14.2 Å². The average molecular weight is 643 g/mol. The Labute approximate surface area is 275 Å². The number of carbonyl (C=O) groups excluding carboxylic acids is 4. The lowest BCUT2D eigenvalue weighted by molar-refractivity contribution is -0.145. The average Bonchev–Trinajstić information content (AvgIpc) is 3.69. The van der Waals surface area contributed by atoms with E-state index in [1.807, 2.05) is 66.7 Å². The topological polar surface area (TPSA) is 143 Å². The first-order valence-electron chi connectivity index (χ1n) is 16.1. The molecule has 2 aromatic rings. The zero-order valence-corrected chi connectivity index (χ0v) is 29.1. The molecular weight excluding hydrogens is 596 g/mol. The van der Waals surface area contributed by atoms with Crippen LogP contribution in [0.5, 0.6) is 0 Å². The summed E-state index contributed by atoms with van der Waals surface area (Å²) in [6.45, 7) is 15.3. The molecule has 0 aliphatic carbocycles. The summed E-state index contributed by atoms with van der Waals surface area (Å²) >= 11 is 0. The second-order valence-electron chi connectivity index (χ2n) is 12.4. The highest BCUT2D eigenvalue weighted by molar-refractivity contribution is 6.30. The molecule has 0 spiro atoms. The van der Waals surface area contributed by atoms with Crippen molar-refractivity contribution in [3.8, 4) is 0 Å². The molecule has 2 atom stereocenters. The minimum Gasteiger partial charge on any atom is -0.469 e. The van der Waals surface area contributed by atoms with Gasteiger partial charge in [-0.1, -0.05) is 27.7 Å². The fourth-order valence-electron chi connectivity index (χ4n) is 6.38. The number of rotatable bonds is 11. The summed E-state index contributed by atoms with van der Waals surface area (Å²) < 4.78 is 10.1. The molecule has 10 nitrogen and oxygen atoms in total. The lowest BCUT2D eigenvalue weighted by atomic mass is 9.96. The zero-order chi connectivity index (χ0) is 34.7. The molecule has 10 heteroatoms. The molecule has 0 fully saturated rings. The van der Waals surface area contributed by atoms with Gasteiger partial charge in [-0.25, -0.2) is 4.99 Å².